The van der Waals surface area contributed by atoms with Crippen LogP contribution in [-0.2, 0) is 14.8 Å². The first-order valence-electron chi connectivity index (χ1n) is 7.66. The first-order valence-corrected chi connectivity index (χ1v) is 9.51. The number of hydrogen-bond donors (Lipinski definition) is 0. The lowest BCUT2D eigenvalue weighted by atomic mass is 9.86. The summed E-state index contributed by atoms with van der Waals surface area (Å²) in [6.07, 6.45) is 4.33. The van der Waals surface area contributed by atoms with Gasteiger partial charge in [0.1, 0.15) is 0 Å². The molecular weight excluding hydrogens is 306 g/mol. The fourth-order valence-electron chi connectivity index (χ4n) is 3.88. The Morgan fingerprint density at radius 1 is 1.27 bits per heavy atom. The van der Waals surface area contributed by atoms with E-state index in [0.29, 0.717) is 32.5 Å². The minimum atomic E-state index is -3.30. The van der Waals surface area contributed by atoms with Crippen molar-refractivity contribution in [2.75, 3.05) is 47.2 Å². The van der Waals surface area contributed by atoms with Crippen molar-refractivity contribution in [1.82, 2.24) is 14.1 Å². The molecule has 0 radical (unpaired) electrons. The number of sulfonamides is 1. The van der Waals surface area contributed by atoms with Gasteiger partial charge in [0.15, 0.2) is 0 Å². The summed E-state index contributed by atoms with van der Waals surface area (Å²) in [7, 11) is 1.78. The highest BCUT2D eigenvalue weighted by Crippen LogP contribution is 2.43. The number of piperidine rings is 1. The van der Waals surface area contributed by atoms with E-state index in [2.05, 4.69) is 0 Å². The Balaban J connectivity index is 2.16. The van der Waals surface area contributed by atoms with Crippen LogP contribution >= 0.6 is 0 Å². The summed E-state index contributed by atoms with van der Waals surface area (Å²) >= 11 is 0. The van der Waals surface area contributed by atoms with Crippen LogP contribution in [0, 0.1) is 0 Å². The van der Waals surface area contributed by atoms with Gasteiger partial charge in [0.05, 0.1) is 12.9 Å². The van der Waals surface area contributed by atoms with Crippen LogP contribution in [0.25, 0.3) is 0 Å². The first kappa shape index (κ1) is 17.5. The summed E-state index contributed by atoms with van der Waals surface area (Å²) in [5.74, 6) is 0. The number of likely N-dealkylation sites (tertiary alicyclic amines) is 1. The third kappa shape index (κ3) is 3.23. The standard InChI is InChI=1S/C14H27N3O4S/c1-15(2)13(18)16-9-7-14(8-10-16)6-5-12(11-21-3)17(14)22(4,19)20/h12H,5-11H2,1-4H3/t12-/m1/s1. The van der Waals surface area contributed by atoms with Gasteiger partial charge in [-0.3, -0.25) is 0 Å². The summed E-state index contributed by atoms with van der Waals surface area (Å²) in [6, 6.07) is -0.0942. The fraction of sp³-hybridized carbons (Fsp3) is 0.929. The summed E-state index contributed by atoms with van der Waals surface area (Å²) in [6.45, 7) is 1.63. The average Bonchev–Trinajstić information content (AvgIpc) is 2.77. The van der Waals surface area contributed by atoms with Crippen molar-refractivity contribution >= 4 is 16.1 Å². The second kappa shape index (κ2) is 6.33. The second-order valence-corrected chi connectivity index (χ2v) is 8.45. The number of ether oxygens (including phenoxy) is 1. The van der Waals surface area contributed by atoms with E-state index in [1.165, 1.54) is 6.26 Å². The molecule has 8 heteroatoms. The van der Waals surface area contributed by atoms with Crippen molar-refractivity contribution in [3.8, 4) is 0 Å². The quantitative estimate of drug-likeness (QED) is 0.757. The number of rotatable bonds is 3. The Labute approximate surface area is 133 Å². The lowest BCUT2D eigenvalue weighted by molar-refractivity contribution is 0.0725. The van der Waals surface area contributed by atoms with Gasteiger partial charge in [-0.2, -0.15) is 4.31 Å². The lowest BCUT2D eigenvalue weighted by Gasteiger charge is -2.45. The van der Waals surface area contributed by atoms with Crippen LogP contribution in [0.2, 0.25) is 0 Å². The second-order valence-electron chi connectivity index (χ2n) is 6.60. The van der Waals surface area contributed by atoms with Crippen molar-refractivity contribution in [3.63, 3.8) is 0 Å². The summed E-state index contributed by atoms with van der Waals surface area (Å²) in [4.78, 5) is 15.4. The fourth-order valence-corrected chi connectivity index (χ4v) is 5.57. The van der Waals surface area contributed by atoms with Gasteiger partial charge in [-0.05, 0) is 25.7 Å². The van der Waals surface area contributed by atoms with Crippen LogP contribution in [0.15, 0.2) is 0 Å². The molecule has 2 aliphatic rings. The third-order valence-corrected chi connectivity index (χ3v) is 6.21. The predicted molar refractivity (Wildman–Crippen MR) is 84.2 cm³/mol. The van der Waals surface area contributed by atoms with Gasteiger partial charge < -0.3 is 14.5 Å². The summed E-state index contributed by atoms with van der Waals surface area (Å²) in [5, 5.41) is 0. The predicted octanol–water partition coefficient (Wildman–Crippen LogP) is 0.573. The Hall–Kier alpha value is -0.860. The highest BCUT2D eigenvalue weighted by molar-refractivity contribution is 7.88. The van der Waals surface area contributed by atoms with E-state index in [-0.39, 0.29) is 17.6 Å². The molecule has 2 saturated heterocycles. The minimum Gasteiger partial charge on any atom is -0.383 e. The molecule has 2 amide bonds. The molecule has 2 heterocycles. The van der Waals surface area contributed by atoms with Crippen molar-refractivity contribution in [1.29, 1.82) is 0 Å². The summed E-state index contributed by atoms with van der Waals surface area (Å²) < 4.78 is 31.5. The maximum absolute atomic E-state index is 12.3. The maximum atomic E-state index is 12.3. The molecule has 22 heavy (non-hydrogen) atoms. The highest BCUT2D eigenvalue weighted by atomic mass is 32.2. The van der Waals surface area contributed by atoms with Gasteiger partial charge >= 0.3 is 6.03 Å². The zero-order chi connectivity index (χ0) is 16.5. The van der Waals surface area contributed by atoms with E-state index in [9.17, 15) is 13.2 Å². The van der Waals surface area contributed by atoms with E-state index < -0.39 is 10.0 Å². The van der Waals surface area contributed by atoms with Gasteiger partial charge in [0, 0.05) is 45.9 Å². The molecular formula is C14H27N3O4S. The van der Waals surface area contributed by atoms with Crippen molar-refractivity contribution < 1.29 is 17.9 Å². The van der Waals surface area contributed by atoms with E-state index >= 15 is 0 Å². The Bertz CT molecular complexity index is 512. The number of hydrogen-bond acceptors (Lipinski definition) is 4. The third-order valence-electron chi connectivity index (χ3n) is 4.81. The molecule has 0 unspecified atom stereocenters. The zero-order valence-corrected chi connectivity index (χ0v) is 14.7. The number of carbonyl (C=O) groups excluding carboxylic acids is 1. The van der Waals surface area contributed by atoms with Crippen LogP contribution in [0.3, 0.4) is 0 Å². The molecule has 0 bridgehead atoms. The van der Waals surface area contributed by atoms with Gasteiger partial charge in [-0.25, -0.2) is 13.2 Å². The van der Waals surface area contributed by atoms with Crippen LogP contribution in [0.1, 0.15) is 25.7 Å². The van der Waals surface area contributed by atoms with Crippen LogP contribution in [0.4, 0.5) is 4.79 Å². The zero-order valence-electron chi connectivity index (χ0n) is 13.9. The molecule has 1 atom stereocenters. The molecule has 128 valence electrons. The topological polar surface area (TPSA) is 70.2 Å². The highest BCUT2D eigenvalue weighted by Gasteiger charge is 2.52. The summed E-state index contributed by atoms with van der Waals surface area (Å²) in [5.41, 5.74) is -0.347. The normalized spacial score (nSPS) is 25.6. The molecule has 0 aromatic rings. The number of methoxy groups -OCH3 is 1. The smallest absolute Gasteiger partial charge is 0.319 e. The molecule has 0 aromatic heterocycles. The minimum absolute atomic E-state index is 0.00723. The van der Waals surface area contributed by atoms with E-state index in [1.807, 2.05) is 0 Å². The van der Waals surface area contributed by atoms with Gasteiger partial charge in [0.2, 0.25) is 10.0 Å². The monoisotopic (exact) mass is 333 g/mol. The lowest BCUT2D eigenvalue weighted by Crippen LogP contribution is -2.57. The van der Waals surface area contributed by atoms with E-state index in [0.717, 1.165) is 12.8 Å². The van der Waals surface area contributed by atoms with Gasteiger partial charge in [-0.15, -0.1) is 0 Å². The molecule has 2 fully saturated rings. The number of urea groups is 1. The SMILES string of the molecule is COC[C@H]1CCC2(CCN(C(=O)N(C)C)CC2)N1S(C)(=O)=O. The molecule has 0 aromatic carbocycles. The van der Waals surface area contributed by atoms with E-state index in [1.54, 1.807) is 35.3 Å². The molecule has 1 spiro atoms. The Morgan fingerprint density at radius 3 is 2.32 bits per heavy atom. The first-order chi connectivity index (χ1) is 10.2. The van der Waals surface area contributed by atoms with Crippen LogP contribution in [0.5, 0.6) is 0 Å². The Morgan fingerprint density at radius 2 is 1.86 bits per heavy atom. The number of nitrogens with zero attached hydrogens (tertiary/aromatic N) is 3. The number of amides is 2. The van der Waals surface area contributed by atoms with Gasteiger partial charge in [0.25, 0.3) is 0 Å². The molecule has 2 aliphatic heterocycles. The van der Waals surface area contributed by atoms with Crippen molar-refractivity contribution in [2.45, 2.75) is 37.3 Å². The number of carbonyl (C=O) groups is 1. The van der Waals surface area contributed by atoms with Crippen molar-refractivity contribution in [2.24, 2.45) is 0 Å². The van der Waals surface area contributed by atoms with Gasteiger partial charge in [-0.1, -0.05) is 0 Å². The molecule has 7 nitrogen and oxygen atoms in total. The Kier molecular flexibility index (Phi) is 5.03. The van der Waals surface area contributed by atoms with Crippen molar-refractivity contribution in [3.05, 3.63) is 0 Å². The largest absolute Gasteiger partial charge is 0.383 e. The molecule has 2 rings (SSSR count). The molecule has 0 aliphatic carbocycles. The van der Waals surface area contributed by atoms with Crippen LogP contribution < -0.4 is 0 Å². The van der Waals surface area contributed by atoms with E-state index in [4.69, 9.17) is 4.74 Å². The maximum Gasteiger partial charge on any atom is 0.319 e. The van der Waals surface area contributed by atoms with Crippen LogP contribution in [-0.4, -0.2) is 87.3 Å². The molecule has 0 N–H and O–H groups in total. The molecule has 0 saturated carbocycles. The average molecular weight is 333 g/mol.